The predicted octanol–water partition coefficient (Wildman–Crippen LogP) is 1.99. The maximum atomic E-state index is 12.2. The van der Waals surface area contributed by atoms with Crippen molar-refractivity contribution >= 4 is 5.91 Å². The molecular weight excluding hydrogens is 252 g/mol. The lowest BCUT2D eigenvalue weighted by molar-refractivity contribution is -0.132. The van der Waals surface area contributed by atoms with Crippen LogP contribution in [0.4, 0.5) is 0 Å². The molecule has 1 aliphatic rings. The molecule has 4 nitrogen and oxygen atoms in total. The standard InChI is InChI=1S/C16H24N2O2/c1-10-6-11(2)8-13(7-10)12(3)18-16(19)15-5-4-14(9-17)20-15/h6-8,12,14-15H,4-5,9,17H2,1-3H3,(H,18,19)/t12?,14-,15+/m1/s1. The van der Waals surface area contributed by atoms with Gasteiger partial charge in [-0.05, 0) is 39.2 Å². The molecule has 1 fully saturated rings. The van der Waals surface area contributed by atoms with Gasteiger partial charge in [0.2, 0.25) is 5.91 Å². The third-order valence-electron chi connectivity index (χ3n) is 3.77. The van der Waals surface area contributed by atoms with Crippen molar-refractivity contribution in [2.24, 2.45) is 5.73 Å². The Morgan fingerprint density at radius 1 is 1.35 bits per heavy atom. The van der Waals surface area contributed by atoms with E-state index in [0.717, 1.165) is 18.4 Å². The van der Waals surface area contributed by atoms with E-state index in [1.807, 2.05) is 6.92 Å². The smallest absolute Gasteiger partial charge is 0.249 e. The molecule has 0 aliphatic carbocycles. The van der Waals surface area contributed by atoms with Crippen LogP contribution in [0.1, 0.15) is 42.5 Å². The van der Waals surface area contributed by atoms with E-state index in [9.17, 15) is 4.79 Å². The van der Waals surface area contributed by atoms with E-state index in [-0.39, 0.29) is 24.2 Å². The second-order valence-corrected chi connectivity index (χ2v) is 5.71. The fraction of sp³-hybridized carbons (Fsp3) is 0.562. The number of carbonyl (C=O) groups excluding carboxylic acids is 1. The van der Waals surface area contributed by atoms with Crippen LogP contribution in [0.3, 0.4) is 0 Å². The summed E-state index contributed by atoms with van der Waals surface area (Å²) in [7, 11) is 0. The molecule has 110 valence electrons. The number of ether oxygens (including phenoxy) is 1. The largest absolute Gasteiger partial charge is 0.364 e. The average molecular weight is 276 g/mol. The summed E-state index contributed by atoms with van der Waals surface area (Å²) in [6.07, 6.45) is 1.30. The maximum Gasteiger partial charge on any atom is 0.249 e. The summed E-state index contributed by atoms with van der Waals surface area (Å²) in [5.41, 5.74) is 9.11. The third-order valence-corrected chi connectivity index (χ3v) is 3.77. The molecule has 0 aromatic heterocycles. The van der Waals surface area contributed by atoms with Gasteiger partial charge in [0.25, 0.3) is 0 Å². The number of rotatable bonds is 4. The zero-order chi connectivity index (χ0) is 14.7. The summed E-state index contributed by atoms with van der Waals surface area (Å²) in [6.45, 7) is 6.62. The molecule has 1 aliphatic heterocycles. The normalized spacial score (nSPS) is 23.6. The molecule has 20 heavy (non-hydrogen) atoms. The Morgan fingerprint density at radius 2 is 2.00 bits per heavy atom. The fourth-order valence-electron chi connectivity index (χ4n) is 2.72. The van der Waals surface area contributed by atoms with Crippen molar-refractivity contribution in [3.63, 3.8) is 0 Å². The average Bonchev–Trinajstić information content (AvgIpc) is 2.86. The molecule has 1 heterocycles. The first-order chi connectivity index (χ1) is 9.49. The first kappa shape index (κ1) is 15.0. The van der Waals surface area contributed by atoms with Crippen molar-refractivity contribution in [3.05, 3.63) is 34.9 Å². The highest BCUT2D eigenvalue weighted by molar-refractivity contribution is 5.81. The molecule has 1 aromatic carbocycles. The van der Waals surface area contributed by atoms with Crippen LogP contribution in [0.25, 0.3) is 0 Å². The van der Waals surface area contributed by atoms with Gasteiger partial charge in [-0.15, -0.1) is 0 Å². The lowest BCUT2D eigenvalue weighted by atomic mass is 10.0. The van der Waals surface area contributed by atoms with Crippen LogP contribution >= 0.6 is 0 Å². The molecule has 3 N–H and O–H groups in total. The van der Waals surface area contributed by atoms with Crippen molar-refractivity contribution in [2.75, 3.05) is 6.54 Å². The number of aryl methyl sites for hydroxylation is 2. The van der Waals surface area contributed by atoms with E-state index in [1.165, 1.54) is 11.1 Å². The Hall–Kier alpha value is -1.39. The summed E-state index contributed by atoms with van der Waals surface area (Å²) in [5.74, 6) is -0.0346. The highest BCUT2D eigenvalue weighted by Crippen LogP contribution is 2.21. The number of benzene rings is 1. The molecule has 4 heteroatoms. The number of carbonyl (C=O) groups is 1. The van der Waals surface area contributed by atoms with Gasteiger partial charge in [0.05, 0.1) is 12.1 Å². The summed E-state index contributed by atoms with van der Waals surface area (Å²) in [6, 6.07) is 6.33. The van der Waals surface area contributed by atoms with Gasteiger partial charge in [-0.25, -0.2) is 0 Å². The lowest BCUT2D eigenvalue weighted by Gasteiger charge is -2.19. The molecule has 0 saturated carbocycles. The minimum atomic E-state index is -0.350. The van der Waals surface area contributed by atoms with Crippen LogP contribution in [0.2, 0.25) is 0 Å². The van der Waals surface area contributed by atoms with Gasteiger partial charge in [0.1, 0.15) is 6.10 Å². The van der Waals surface area contributed by atoms with E-state index in [4.69, 9.17) is 10.5 Å². The van der Waals surface area contributed by atoms with E-state index >= 15 is 0 Å². The SMILES string of the molecule is Cc1cc(C)cc(C(C)NC(=O)[C@@H]2CC[C@H](CN)O2)c1. The van der Waals surface area contributed by atoms with Crippen molar-refractivity contribution in [1.29, 1.82) is 0 Å². The van der Waals surface area contributed by atoms with Crippen LogP contribution < -0.4 is 11.1 Å². The van der Waals surface area contributed by atoms with Gasteiger partial charge in [-0.3, -0.25) is 4.79 Å². The maximum absolute atomic E-state index is 12.2. The Labute approximate surface area is 120 Å². The highest BCUT2D eigenvalue weighted by atomic mass is 16.5. The van der Waals surface area contributed by atoms with Crippen LogP contribution in [-0.2, 0) is 9.53 Å². The minimum Gasteiger partial charge on any atom is -0.364 e. The van der Waals surface area contributed by atoms with Gasteiger partial charge < -0.3 is 15.8 Å². The van der Waals surface area contributed by atoms with Gasteiger partial charge >= 0.3 is 0 Å². The Balaban J connectivity index is 1.97. The molecule has 3 atom stereocenters. The van der Waals surface area contributed by atoms with Gasteiger partial charge in [-0.2, -0.15) is 0 Å². The van der Waals surface area contributed by atoms with Crippen LogP contribution in [0.15, 0.2) is 18.2 Å². The first-order valence-corrected chi connectivity index (χ1v) is 7.23. The number of nitrogens with two attached hydrogens (primary N) is 1. The minimum absolute atomic E-state index is 0.0124. The predicted molar refractivity (Wildman–Crippen MR) is 79.4 cm³/mol. The van der Waals surface area contributed by atoms with Gasteiger partial charge in [0.15, 0.2) is 0 Å². The third kappa shape index (κ3) is 3.58. The number of hydrogen-bond acceptors (Lipinski definition) is 3. The Kier molecular flexibility index (Phi) is 4.78. The van der Waals surface area contributed by atoms with Crippen molar-refractivity contribution in [1.82, 2.24) is 5.32 Å². The number of amides is 1. The van der Waals surface area contributed by atoms with Crippen molar-refractivity contribution in [3.8, 4) is 0 Å². The molecular formula is C16H24N2O2. The molecule has 0 spiro atoms. The summed E-state index contributed by atoms with van der Waals surface area (Å²) in [4.78, 5) is 12.2. The lowest BCUT2D eigenvalue weighted by Crippen LogP contribution is -2.37. The fourth-order valence-corrected chi connectivity index (χ4v) is 2.72. The molecule has 1 aromatic rings. The van der Waals surface area contributed by atoms with E-state index in [0.29, 0.717) is 6.54 Å². The highest BCUT2D eigenvalue weighted by Gasteiger charge is 2.30. The topological polar surface area (TPSA) is 64.4 Å². The summed E-state index contributed by atoms with van der Waals surface area (Å²) < 4.78 is 5.62. The van der Waals surface area contributed by atoms with Crippen molar-refractivity contribution < 1.29 is 9.53 Å². The van der Waals surface area contributed by atoms with Crippen molar-refractivity contribution in [2.45, 2.75) is 51.9 Å². The van der Waals surface area contributed by atoms with Gasteiger partial charge in [0, 0.05) is 6.54 Å². The molecule has 1 unspecified atom stereocenters. The van der Waals surface area contributed by atoms with Crippen LogP contribution in [0, 0.1) is 13.8 Å². The zero-order valence-corrected chi connectivity index (χ0v) is 12.5. The molecule has 0 bridgehead atoms. The van der Waals surface area contributed by atoms with Crippen LogP contribution in [0.5, 0.6) is 0 Å². The zero-order valence-electron chi connectivity index (χ0n) is 12.5. The second kappa shape index (κ2) is 6.37. The molecule has 1 saturated heterocycles. The molecule has 2 rings (SSSR count). The van der Waals surface area contributed by atoms with E-state index < -0.39 is 0 Å². The van der Waals surface area contributed by atoms with Crippen LogP contribution in [-0.4, -0.2) is 24.7 Å². The summed E-state index contributed by atoms with van der Waals surface area (Å²) >= 11 is 0. The first-order valence-electron chi connectivity index (χ1n) is 7.23. The Morgan fingerprint density at radius 3 is 2.55 bits per heavy atom. The molecule has 0 radical (unpaired) electrons. The summed E-state index contributed by atoms with van der Waals surface area (Å²) in [5, 5.41) is 3.03. The monoisotopic (exact) mass is 276 g/mol. The number of nitrogens with one attached hydrogen (secondary N) is 1. The number of hydrogen-bond donors (Lipinski definition) is 2. The molecule has 1 amide bonds. The van der Waals surface area contributed by atoms with Gasteiger partial charge in [-0.1, -0.05) is 29.3 Å². The van der Waals surface area contributed by atoms with E-state index in [2.05, 4.69) is 37.4 Å². The Bertz CT molecular complexity index is 467. The van der Waals surface area contributed by atoms with E-state index in [1.54, 1.807) is 0 Å². The second-order valence-electron chi connectivity index (χ2n) is 5.71. The quantitative estimate of drug-likeness (QED) is 0.884.